The topological polar surface area (TPSA) is 12.5 Å². The molecule has 1 aliphatic rings. The molecule has 0 aromatic heterocycles. The first kappa shape index (κ1) is 21.0. The molecule has 1 aliphatic heterocycles. The molecule has 2 unspecified atom stereocenters. The number of fused-ring (bicyclic) bond motifs is 1. The van der Waals surface area contributed by atoms with E-state index >= 15 is 0 Å². The average molecular weight is 410 g/mol. The lowest BCUT2D eigenvalue weighted by Crippen LogP contribution is -2.20. The second-order valence-electron chi connectivity index (χ2n) is 8.54. The zero-order valence-corrected chi connectivity index (χ0v) is 18.7. The van der Waals surface area contributed by atoms with Crippen LogP contribution in [0.2, 0.25) is 0 Å². The molecule has 1 heterocycles. The molecular formula is C29H31NO. The van der Waals surface area contributed by atoms with E-state index in [4.69, 9.17) is 4.74 Å². The third-order valence-corrected chi connectivity index (χ3v) is 6.33. The van der Waals surface area contributed by atoms with Crippen LogP contribution in [0, 0.1) is 5.92 Å². The molecule has 0 radical (unpaired) electrons. The van der Waals surface area contributed by atoms with Gasteiger partial charge in [-0.1, -0.05) is 87.2 Å². The highest BCUT2D eigenvalue weighted by Crippen LogP contribution is 2.42. The Bertz CT molecular complexity index is 1080. The molecule has 2 heteroatoms. The van der Waals surface area contributed by atoms with Gasteiger partial charge in [-0.15, -0.1) is 0 Å². The second-order valence-corrected chi connectivity index (χ2v) is 8.54. The van der Waals surface area contributed by atoms with Gasteiger partial charge < -0.3 is 9.64 Å². The highest BCUT2D eigenvalue weighted by atomic mass is 16.5. The van der Waals surface area contributed by atoms with Crippen molar-refractivity contribution in [1.82, 2.24) is 0 Å². The van der Waals surface area contributed by atoms with Crippen molar-refractivity contribution in [3.63, 3.8) is 0 Å². The summed E-state index contributed by atoms with van der Waals surface area (Å²) in [5.74, 6) is 2.48. The van der Waals surface area contributed by atoms with Gasteiger partial charge in [-0.2, -0.15) is 0 Å². The molecule has 0 N–H and O–H groups in total. The first-order valence-electron chi connectivity index (χ1n) is 11.0. The van der Waals surface area contributed by atoms with Crippen LogP contribution in [0.3, 0.4) is 0 Å². The number of ether oxygens (including phenoxy) is 1. The quantitative estimate of drug-likeness (QED) is 0.440. The largest absolute Gasteiger partial charge is 0.458 e. The molecule has 0 saturated heterocycles. The molecule has 0 bridgehead atoms. The van der Waals surface area contributed by atoms with Gasteiger partial charge in [0.2, 0.25) is 0 Å². The van der Waals surface area contributed by atoms with Gasteiger partial charge in [-0.05, 0) is 53.2 Å². The van der Waals surface area contributed by atoms with Gasteiger partial charge in [-0.3, -0.25) is 0 Å². The maximum absolute atomic E-state index is 6.16. The van der Waals surface area contributed by atoms with Crippen LogP contribution in [0.4, 0.5) is 5.69 Å². The predicted molar refractivity (Wildman–Crippen MR) is 132 cm³/mol. The number of anilines is 1. The van der Waals surface area contributed by atoms with E-state index in [9.17, 15) is 0 Å². The predicted octanol–water partition coefficient (Wildman–Crippen LogP) is 7.58. The summed E-state index contributed by atoms with van der Waals surface area (Å²) in [6.07, 6.45) is 5.18. The van der Waals surface area contributed by atoms with Crippen LogP contribution in [-0.4, -0.2) is 7.05 Å². The molecule has 4 rings (SSSR count). The lowest BCUT2D eigenvalue weighted by Gasteiger charge is -2.29. The van der Waals surface area contributed by atoms with E-state index in [1.54, 1.807) is 0 Å². The monoisotopic (exact) mass is 409 g/mol. The molecular weight excluding hydrogens is 378 g/mol. The molecule has 158 valence electrons. The molecule has 2 atom stereocenters. The van der Waals surface area contributed by atoms with E-state index in [-0.39, 0.29) is 0 Å². The van der Waals surface area contributed by atoms with Crippen LogP contribution in [-0.2, 0) is 6.54 Å². The minimum Gasteiger partial charge on any atom is -0.458 e. The Labute approximate surface area is 186 Å². The van der Waals surface area contributed by atoms with E-state index in [1.807, 2.05) is 6.08 Å². The Hall–Kier alpha value is -3.26. The molecule has 31 heavy (non-hydrogen) atoms. The molecule has 0 amide bonds. The molecule has 0 spiro atoms. The number of hydrogen-bond acceptors (Lipinski definition) is 2. The maximum atomic E-state index is 6.16. The minimum absolute atomic E-state index is 0.369. The number of rotatable bonds is 4. The summed E-state index contributed by atoms with van der Waals surface area (Å²) in [5.41, 5.74) is 6.32. The molecule has 3 aromatic carbocycles. The van der Waals surface area contributed by atoms with Crippen molar-refractivity contribution >= 4 is 5.69 Å². The van der Waals surface area contributed by atoms with E-state index < -0.39 is 0 Å². The standard InChI is InChI=1S/C29H31NO/c1-21-12-10-13-22(2)31-28-19-11-18-27(29(28)23(21)3)30(4)20-25-16-8-9-17-26(25)24-14-6-5-7-15-24/h5-11,13-19,21,23H,2,12,20H2,1,3-4H3/b13-10-. The third kappa shape index (κ3) is 4.59. The summed E-state index contributed by atoms with van der Waals surface area (Å²) in [6.45, 7) is 9.52. The fourth-order valence-electron chi connectivity index (χ4n) is 4.39. The first-order valence-corrected chi connectivity index (χ1v) is 11.0. The molecule has 0 fully saturated rings. The highest BCUT2D eigenvalue weighted by Gasteiger charge is 2.24. The fourth-order valence-corrected chi connectivity index (χ4v) is 4.39. The summed E-state index contributed by atoms with van der Waals surface area (Å²) in [4.78, 5) is 2.35. The van der Waals surface area contributed by atoms with Crippen LogP contribution in [0.25, 0.3) is 11.1 Å². The van der Waals surface area contributed by atoms with Crippen molar-refractivity contribution in [3.8, 4) is 16.9 Å². The summed E-state index contributed by atoms with van der Waals surface area (Å²) in [7, 11) is 2.18. The fraction of sp³-hybridized carbons (Fsp3) is 0.241. The Morgan fingerprint density at radius 1 is 0.935 bits per heavy atom. The highest BCUT2D eigenvalue weighted by molar-refractivity contribution is 5.69. The summed E-state index contributed by atoms with van der Waals surface area (Å²) >= 11 is 0. The maximum Gasteiger partial charge on any atom is 0.132 e. The van der Waals surface area contributed by atoms with Crippen molar-refractivity contribution in [2.45, 2.75) is 32.7 Å². The number of hydrogen-bond donors (Lipinski definition) is 0. The Balaban J connectivity index is 1.72. The SMILES string of the molecule is C=C1/C=C\CC(C)C(C)c2c(cccc2N(C)Cc2ccccc2-c2ccccc2)O1. The van der Waals surface area contributed by atoms with Gasteiger partial charge in [0.15, 0.2) is 0 Å². The lowest BCUT2D eigenvalue weighted by molar-refractivity contribution is 0.427. The van der Waals surface area contributed by atoms with Crippen LogP contribution in [0.5, 0.6) is 5.75 Å². The third-order valence-electron chi connectivity index (χ3n) is 6.33. The van der Waals surface area contributed by atoms with Crippen LogP contribution >= 0.6 is 0 Å². The Morgan fingerprint density at radius 3 is 2.48 bits per heavy atom. The van der Waals surface area contributed by atoms with Crippen molar-refractivity contribution in [3.05, 3.63) is 108 Å². The van der Waals surface area contributed by atoms with E-state index in [2.05, 4.69) is 111 Å². The van der Waals surface area contributed by atoms with Crippen LogP contribution in [0.15, 0.2) is 97.3 Å². The van der Waals surface area contributed by atoms with Gasteiger partial charge >= 0.3 is 0 Å². The molecule has 0 saturated carbocycles. The zero-order valence-electron chi connectivity index (χ0n) is 18.7. The normalized spacial score (nSPS) is 19.4. The van der Waals surface area contributed by atoms with Gasteiger partial charge in [0.25, 0.3) is 0 Å². The first-order chi connectivity index (χ1) is 15.0. The number of allylic oxidation sites excluding steroid dienone is 2. The Kier molecular flexibility index (Phi) is 6.27. The number of nitrogens with zero attached hydrogens (tertiary/aromatic N) is 1. The summed E-state index contributed by atoms with van der Waals surface area (Å²) < 4.78 is 6.16. The van der Waals surface area contributed by atoms with E-state index in [1.165, 1.54) is 27.9 Å². The van der Waals surface area contributed by atoms with Gasteiger partial charge in [0, 0.05) is 24.8 Å². The van der Waals surface area contributed by atoms with Gasteiger partial charge in [0.1, 0.15) is 11.5 Å². The van der Waals surface area contributed by atoms with Crippen molar-refractivity contribution < 1.29 is 4.74 Å². The molecule has 0 aliphatic carbocycles. The molecule has 3 aromatic rings. The average Bonchev–Trinajstić information content (AvgIpc) is 2.83. The number of benzene rings is 3. The zero-order chi connectivity index (χ0) is 21.8. The summed E-state index contributed by atoms with van der Waals surface area (Å²) in [6, 6.07) is 25.7. The van der Waals surface area contributed by atoms with Crippen molar-refractivity contribution in [1.29, 1.82) is 0 Å². The second kappa shape index (κ2) is 9.26. The van der Waals surface area contributed by atoms with Gasteiger partial charge in [0.05, 0.1) is 0 Å². The van der Waals surface area contributed by atoms with Crippen LogP contribution in [0.1, 0.15) is 37.3 Å². The molecule has 2 nitrogen and oxygen atoms in total. The lowest BCUT2D eigenvalue weighted by atomic mass is 9.85. The smallest absolute Gasteiger partial charge is 0.132 e. The summed E-state index contributed by atoms with van der Waals surface area (Å²) in [5, 5.41) is 0. The Morgan fingerprint density at radius 2 is 1.68 bits per heavy atom. The van der Waals surface area contributed by atoms with Crippen molar-refractivity contribution in [2.24, 2.45) is 5.92 Å². The van der Waals surface area contributed by atoms with E-state index in [0.29, 0.717) is 17.6 Å². The van der Waals surface area contributed by atoms with Crippen molar-refractivity contribution in [2.75, 3.05) is 11.9 Å². The van der Waals surface area contributed by atoms with Gasteiger partial charge in [-0.25, -0.2) is 0 Å². The minimum atomic E-state index is 0.369. The van der Waals surface area contributed by atoms with Crippen LogP contribution < -0.4 is 9.64 Å². The van der Waals surface area contributed by atoms with E-state index in [0.717, 1.165) is 18.7 Å².